The van der Waals surface area contributed by atoms with Crippen LogP contribution in [0.25, 0.3) is 11.2 Å². The van der Waals surface area contributed by atoms with Crippen LogP contribution >= 0.6 is 12.6 Å². The average Bonchev–Trinajstić information content (AvgIpc) is 2.27. The zero-order valence-electron chi connectivity index (χ0n) is 5.03. The molecule has 49 valence electrons. The van der Waals surface area contributed by atoms with Crippen LogP contribution in [0.4, 0.5) is 0 Å². The molecule has 0 aliphatic carbocycles. The number of hydrogen-bond donors (Lipinski definition) is 1. The van der Waals surface area contributed by atoms with Crippen LogP contribution < -0.4 is 0 Å². The van der Waals surface area contributed by atoms with E-state index in [1.54, 1.807) is 6.20 Å². The Kier molecular flexibility index (Phi) is 1.07. The second-order valence-corrected chi connectivity index (χ2v) is 2.30. The van der Waals surface area contributed by atoms with Crippen LogP contribution in [0, 0.1) is 0 Å². The molecule has 2 aromatic rings. The number of rotatable bonds is 0. The molecule has 0 fully saturated rings. The zero-order chi connectivity index (χ0) is 6.97. The summed E-state index contributed by atoms with van der Waals surface area (Å²) in [7, 11) is 0. The van der Waals surface area contributed by atoms with Gasteiger partial charge in [0.2, 0.25) is 0 Å². The van der Waals surface area contributed by atoms with Gasteiger partial charge < -0.3 is 4.98 Å². The molecule has 0 aromatic carbocycles. The van der Waals surface area contributed by atoms with Gasteiger partial charge in [-0.1, -0.05) is 0 Å². The fourth-order valence-electron chi connectivity index (χ4n) is 0.823. The minimum absolute atomic E-state index is 0.494. The van der Waals surface area contributed by atoms with E-state index in [1.165, 1.54) is 0 Å². The first kappa shape index (κ1) is 5.61. The summed E-state index contributed by atoms with van der Waals surface area (Å²) in [6, 6.07) is 3.74. The Morgan fingerprint density at radius 1 is 1.50 bits per heavy atom. The van der Waals surface area contributed by atoms with E-state index >= 15 is 0 Å². The van der Waals surface area contributed by atoms with Gasteiger partial charge in [-0.25, -0.2) is 4.98 Å². The molecule has 0 saturated carbocycles. The number of nitrogens with one attached hydrogen (secondary N) is 1. The van der Waals surface area contributed by atoms with Gasteiger partial charge in [0.15, 0.2) is 10.8 Å². The summed E-state index contributed by atoms with van der Waals surface area (Å²) in [6.45, 7) is 0. The third kappa shape index (κ3) is 0.733. The summed E-state index contributed by atoms with van der Waals surface area (Å²) in [5.74, 6) is 0. The van der Waals surface area contributed by atoms with E-state index in [0.29, 0.717) is 10.8 Å². The van der Waals surface area contributed by atoms with Gasteiger partial charge in [0.05, 0.1) is 5.52 Å². The maximum Gasteiger partial charge on any atom is 0.199 e. The molecule has 2 aromatic heterocycles. The summed E-state index contributed by atoms with van der Waals surface area (Å²) in [4.78, 5) is 10.9. The smallest absolute Gasteiger partial charge is 0.199 e. The van der Waals surface area contributed by atoms with E-state index in [0.717, 1.165) is 5.52 Å². The Labute approximate surface area is 62.9 Å². The summed E-state index contributed by atoms with van der Waals surface area (Å²) in [5.41, 5.74) is 1.58. The molecule has 1 N–H and O–H groups in total. The molecular weight excluding hydrogens is 146 g/mol. The van der Waals surface area contributed by atoms with E-state index in [4.69, 9.17) is 12.6 Å². The zero-order valence-corrected chi connectivity index (χ0v) is 5.85. The van der Waals surface area contributed by atoms with Gasteiger partial charge in [-0.3, -0.25) is 0 Å². The highest BCUT2D eigenvalue weighted by molar-refractivity contribution is 7.80. The maximum atomic E-state index is 4.81. The summed E-state index contributed by atoms with van der Waals surface area (Å²) < 4.78 is 0. The van der Waals surface area contributed by atoms with Crippen LogP contribution in [0.1, 0.15) is 0 Å². The van der Waals surface area contributed by atoms with Crippen molar-refractivity contribution in [1.29, 1.82) is 0 Å². The fraction of sp³-hybridized carbons (Fsp3) is 0. The third-order valence-electron chi connectivity index (χ3n) is 1.24. The largest absolute Gasteiger partial charge is 0.328 e. The average molecular weight is 150 g/mol. The molecule has 4 heteroatoms. The number of pyridine rings is 1. The standard InChI is InChI=1S/C6H4N3S/c10-6-8-4-2-1-3-7-5(4)9-6/h1-3H,(H,7,8,9). The highest BCUT2D eigenvalue weighted by Gasteiger charge is 1.97. The lowest BCUT2D eigenvalue weighted by Crippen LogP contribution is -1.71. The van der Waals surface area contributed by atoms with E-state index in [2.05, 4.69) is 15.0 Å². The van der Waals surface area contributed by atoms with Gasteiger partial charge >= 0.3 is 0 Å². The highest BCUT2D eigenvalue weighted by Crippen LogP contribution is 2.08. The Hall–Kier alpha value is -1.16. The second-order valence-electron chi connectivity index (χ2n) is 1.92. The first-order valence-electron chi connectivity index (χ1n) is 2.84. The van der Waals surface area contributed by atoms with Crippen molar-refractivity contribution in [2.75, 3.05) is 0 Å². The molecule has 0 aliphatic rings. The molecule has 1 radical (unpaired) electrons. The highest BCUT2D eigenvalue weighted by atomic mass is 32.1. The predicted octanol–water partition coefficient (Wildman–Crippen LogP) is 1.51. The van der Waals surface area contributed by atoms with Crippen molar-refractivity contribution < 1.29 is 0 Å². The van der Waals surface area contributed by atoms with Gasteiger partial charge in [-0.05, 0) is 24.8 Å². The van der Waals surface area contributed by atoms with Crippen molar-refractivity contribution in [2.24, 2.45) is 0 Å². The van der Waals surface area contributed by atoms with Gasteiger partial charge in [-0.15, -0.1) is 0 Å². The molecule has 0 amide bonds. The first-order chi connectivity index (χ1) is 4.86. The van der Waals surface area contributed by atoms with Crippen molar-refractivity contribution >= 4 is 23.8 Å². The van der Waals surface area contributed by atoms with Crippen LogP contribution in [0.5, 0.6) is 0 Å². The van der Waals surface area contributed by atoms with E-state index in [9.17, 15) is 0 Å². The molecule has 3 nitrogen and oxygen atoms in total. The van der Waals surface area contributed by atoms with Crippen LogP contribution in [0.2, 0.25) is 0 Å². The minimum Gasteiger partial charge on any atom is -0.328 e. The van der Waals surface area contributed by atoms with Crippen molar-refractivity contribution in [3.8, 4) is 0 Å². The molecule has 0 saturated heterocycles. The van der Waals surface area contributed by atoms with Crippen LogP contribution in [0.15, 0.2) is 23.5 Å². The number of hydrogen-bond acceptors (Lipinski definition) is 2. The lowest BCUT2D eigenvalue weighted by atomic mass is 10.4. The minimum atomic E-state index is 0.494. The van der Waals surface area contributed by atoms with Crippen LogP contribution in [0.3, 0.4) is 0 Å². The molecule has 10 heavy (non-hydrogen) atoms. The van der Waals surface area contributed by atoms with E-state index in [-0.39, 0.29) is 0 Å². The Balaban J connectivity index is 2.88. The number of H-pyrrole nitrogens is 1. The molecular formula is C6H4N3S. The summed E-state index contributed by atoms with van der Waals surface area (Å²) in [6.07, 6.45) is 1.69. The lowest BCUT2D eigenvalue weighted by Gasteiger charge is -1.80. The molecule has 0 bridgehead atoms. The van der Waals surface area contributed by atoms with Gasteiger partial charge in [0, 0.05) is 6.20 Å². The fourth-order valence-corrected chi connectivity index (χ4v) is 1.02. The number of aromatic amines is 1. The van der Waals surface area contributed by atoms with Crippen molar-refractivity contribution in [3.05, 3.63) is 18.3 Å². The molecule has 2 heterocycles. The summed E-state index contributed by atoms with van der Waals surface area (Å²) in [5, 5.41) is 0.494. The number of aromatic nitrogens is 3. The molecule has 0 atom stereocenters. The maximum absolute atomic E-state index is 4.81. The van der Waals surface area contributed by atoms with Gasteiger partial charge in [0.25, 0.3) is 0 Å². The Bertz CT molecular complexity index is 322. The number of nitrogens with zero attached hydrogens (tertiary/aromatic N) is 2. The second kappa shape index (κ2) is 1.91. The van der Waals surface area contributed by atoms with Gasteiger partial charge in [-0.2, -0.15) is 4.98 Å². The molecule has 0 unspecified atom stereocenters. The van der Waals surface area contributed by atoms with Crippen LogP contribution in [-0.4, -0.2) is 15.0 Å². The molecule has 0 aliphatic heterocycles. The first-order valence-corrected chi connectivity index (χ1v) is 3.25. The SMILES string of the molecule is [S]c1nc2ncccc2[nH]1. The molecule has 0 spiro atoms. The quantitative estimate of drug-likeness (QED) is 0.618. The Morgan fingerprint density at radius 2 is 2.40 bits per heavy atom. The van der Waals surface area contributed by atoms with Crippen molar-refractivity contribution in [3.63, 3.8) is 0 Å². The normalized spacial score (nSPS) is 10.4. The van der Waals surface area contributed by atoms with Gasteiger partial charge in [0.1, 0.15) is 0 Å². The topological polar surface area (TPSA) is 41.6 Å². The van der Waals surface area contributed by atoms with Crippen molar-refractivity contribution in [2.45, 2.75) is 5.16 Å². The van der Waals surface area contributed by atoms with E-state index < -0.39 is 0 Å². The van der Waals surface area contributed by atoms with Crippen LogP contribution in [-0.2, 0) is 0 Å². The summed E-state index contributed by atoms with van der Waals surface area (Å²) >= 11 is 4.81. The number of fused-ring (bicyclic) bond motifs is 1. The molecule has 2 rings (SSSR count). The van der Waals surface area contributed by atoms with E-state index in [1.807, 2.05) is 12.1 Å². The number of imidazole rings is 1. The third-order valence-corrected chi connectivity index (χ3v) is 1.43. The Morgan fingerprint density at radius 3 is 3.20 bits per heavy atom. The predicted molar refractivity (Wildman–Crippen MR) is 39.7 cm³/mol. The van der Waals surface area contributed by atoms with Crippen molar-refractivity contribution in [1.82, 2.24) is 15.0 Å². The monoisotopic (exact) mass is 150 g/mol. The lowest BCUT2D eigenvalue weighted by molar-refractivity contribution is 1.08.